The van der Waals surface area contributed by atoms with Crippen LogP contribution in [0.4, 0.5) is 5.82 Å². The maximum atomic E-state index is 9.89. The molecule has 8 heteroatoms. The molecule has 34 heavy (non-hydrogen) atoms. The molecular weight excluding hydrogens is 428 g/mol. The molecule has 0 bridgehead atoms. The van der Waals surface area contributed by atoms with Crippen LogP contribution >= 0.6 is 0 Å². The minimum Gasteiger partial charge on any atom is -0.392 e. The second-order valence-electron chi connectivity index (χ2n) is 10.1. The number of hydrogen-bond acceptors (Lipinski definition) is 6. The Bertz CT molecular complexity index is 1310. The second kappa shape index (κ2) is 8.67. The van der Waals surface area contributed by atoms with E-state index in [9.17, 15) is 5.11 Å². The largest absolute Gasteiger partial charge is 0.392 e. The summed E-state index contributed by atoms with van der Waals surface area (Å²) in [6.07, 6.45) is 7.26. The molecule has 0 spiro atoms. The van der Waals surface area contributed by atoms with Crippen molar-refractivity contribution in [3.63, 3.8) is 0 Å². The first-order valence-corrected chi connectivity index (χ1v) is 12.4. The fourth-order valence-corrected chi connectivity index (χ4v) is 5.58. The number of nitrogens with zero attached hydrogens (tertiary/aromatic N) is 5. The molecule has 0 unspecified atom stereocenters. The number of aliphatic hydroxyl groups excluding tert-OH is 1. The Morgan fingerprint density at radius 3 is 2.71 bits per heavy atom. The Kier molecular flexibility index (Phi) is 5.50. The molecule has 0 saturated carbocycles. The highest BCUT2D eigenvalue weighted by Gasteiger charge is 2.27. The number of anilines is 1. The molecule has 178 valence electrons. The summed E-state index contributed by atoms with van der Waals surface area (Å²) in [7, 11) is 0. The first-order chi connectivity index (χ1) is 16.6. The molecular formula is C26H32N6O2. The minimum absolute atomic E-state index is 0.0839. The Morgan fingerprint density at radius 2 is 2.00 bits per heavy atom. The van der Waals surface area contributed by atoms with Crippen LogP contribution in [0.15, 0.2) is 30.7 Å². The van der Waals surface area contributed by atoms with Crippen molar-refractivity contribution in [3.8, 4) is 11.3 Å². The summed E-state index contributed by atoms with van der Waals surface area (Å²) in [4.78, 5) is 15.5. The average Bonchev–Trinajstić information content (AvgIpc) is 3.45. The number of hydrogen-bond donors (Lipinski definition) is 2. The third kappa shape index (κ3) is 3.75. The first kappa shape index (κ1) is 21.6. The van der Waals surface area contributed by atoms with Crippen molar-refractivity contribution in [2.24, 2.45) is 11.8 Å². The monoisotopic (exact) mass is 460 g/mol. The zero-order valence-corrected chi connectivity index (χ0v) is 19.9. The Morgan fingerprint density at radius 1 is 1.18 bits per heavy atom. The molecule has 4 aromatic rings. The second-order valence-corrected chi connectivity index (χ2v) is 10.1. The van der Waals surface area contributed by atoms with E-state index in [-0.39, 0.29) is 12.5 Å². The van der Waals surface area contributed by atoms with Gasteiger partial charge in [-0.3, -0.25) is 0 Å². The first-order valence-electron chi connectivity index (χ1n) is 12.4. The number of fused-ring (bicyclic) bond motifs is 2. The minimum atomic E-state index is -0.0839. The van der Waals surface area contributed by atoms with Gasteiger partial charge < -0.3 is 19.7 Å². The molecule has 0 radical (unpaired) electrons. The van der Waals surface area contributed by atoms with Gasteiger partial charge in [-0.15, -0.1) is 0 Å². The van der Waals surface area contributed by atoms with Crippen LogP contribution in [0.3, 0.4) is 0 Å². The van der Waals surface area contributed by atoms with E-state index in [1.54, 1.807) is 4.52 Å². The molecule has 2 aliphatic heterocycles. The van der Waals surface area contributed by atoms with Crippen LogP contribution in [0.1, 0.15) is 50.2 Å². The van der Waals surface area contributed by atoms with Crippen LogP contribution < -0.4 is 4.90 Å². The number of H-pyrrole nitrogens is 1. The summed E-state index contributed by atoms with van der Waals surface area (Å²) >= 11 is 0. The van der Waals surface area contributed by atoms with Gasteiger partial charge in [0.2, 0.25) is 0 Å². The van der Waals surface area contributed by atoms with Crippen molar-refractivity contribution < 1.29 is 9.84 Å². The molecule has 2 saturated heterocycles. The van der Waals surface area contributed by atoms with Crippen molar-refractivity contribution >= 4 is 22.5 Å². The number of pyridine rings is 2. The fourth-order valence-electron chi connectivity index (χ4n) is 5.58. The molecule has 0 aliphatic carbocycles. The standard InChI is InChI=1S/C26H32N6O2/c1-16(2)23-24(19-10-20(12-33)26-27-15-28-32(26)11-19)29-21-3-4-22(30-25(21)23)31-7-5-17(6-8-31)9-18-13-34-14-18/h3-4,10-11,15-18,29,33H,5-9,12-14H2,1-2H3. The van der Waals surface area contributed by atoms with Crippen molar-refractivity contribution in [3.05, 3.63) is 41.9 Å². The molecule has 4 aromatic heterocycles. The molecule has 6 rings (SSSR count). The molecule has 0 atom stereocenters. The summed E-state index contributed by atoms with van der Waals surface area (Å²) in [5.41, 5.74) is 6.71. The highest BCUT2D eigenvalue weighted by atomic mass is 16.5. The van der Waals surface area contributed by atoms with Crippen LogP contribution in [0, 0.1) is 11.8 Å². The lowest BCUT2D eigenvalue weighted by molar-refractivity contribution is -0.0438. The molecule has 0 amide bonds. The maximum absolute atomic E-state index is 9.89. The van der Waals surface area contributed by atoms with E-state index < -0.39 is 0 Å². The van der Waals surface area contributed by atoms with Gasteiger partial charge in [-0.2, -0.15) is 5.10 Å². The van der Waals surface area contributed by atoms with Crippen LogP contribution in [-0.4, -0.2) is 56.0 Å². The maximum Gasteiger partial charge on any atom is 0.160 e. The quantitative estimate of drug-likeness (QED) is 0.449. The number of aromatic nitrogens is 5. The van der Waals surface area contributed by atoms with Gasteiger partial charge in [0.05, 0.1) is 36.5 Å². The van der Waals surface area contributed by atoms with Gasteiger partial charge in [0.15, 0.2) is 5.65 Å². The third-order valence-corrected chi connectivity index (χ3v) is 7.46. The summed E-state index contributed by atoms with van der Waals surface area (Å²) in [6, 6.07) is 6.30. The van der Waals surface area contributed by atoms with Crippen LogP contribution in [0.25, 0.3) is 27.9 Å². The van der Waals surface area contributed by atoms with Crippen LogP contribution in [0.5, 0.6) is 0 Å². The van der Waals surface area contributed by atoms with Crippen LogP contribution in [-0.2, 0) is 11.3 Å². The zero-order chi connectivity index (χ0) is 23.2. The summed E-state index contributed by atoms with van der Waals surface area (Å²) in [6.45, 7) is 8.36. The number of ether oxygens (including phenoxy) is 1. The number of piperidine rings is 1. The van der Waals surface area contributed by atoms with Crippen molar-refractivity contribution in [1.29, 1.82) is 0 Å². The third-order valence-electron chi connectivity index (χ3n) is 7.46. The van der Waals surface area contributed by atoms with E-state index in [1.807, 2.05) is 12.3 Å². The van der Waals surface area contributed by atoms with Crippen LogP contribution in [0.2, 0.25) is 0 Å². The molecule has 6 heterocycles. The van der Waals surface area contributed by atoms with Gasteiger partial charge in [0.1, 0.15) is 12.1 Å². The van der Waals surface area contributed by atoms with E-state index in [1.165, 1.54) is 31.2 Å². The van der Waals surface area contributed by atoms with E-state index in [0.29, 0.717) is 5.65 Å². The number of nitrogens with one attached hydrogen (secondary N) is 1. The SMILES string of the molecule is CC(C)c1c(-c2cc(CO)c3ncnn3c2)[nH]c2ccc(N3CCC(CC4COC4)CC3)nc12. The molecule has 0 aromatic carbocycles. The topological polar surface area (TPSA) is 91.6 Å². The average molecular weight is 461 g/mol. The summed E-state index contributed by atoms with van der Waals surface area (Å²) in [5, 5.41) is 14.2. The van der Waals surface area contributed by atoms with E-state index in [4.69, 9.17) is 9.72 Å². The lowest BCUT2D eigenvalue weighted by Crippen LogP contribution is -2.37. The van der Waals surface area contributed by atoms with Gasteiger partial charge >= 0.3 is 0 Å². The van der Waals surface area contributed by atoms with Crippen molar-refractivity contribution in [2.75, 3.05) is 31.2 Å². The van der Waals surface area contributed by atoms with E-state index >= 15 is 0 Å². The van der Waals surface area contributed by atoms with E-state index in [0.717, 1.165) is 71.8 Å². The normalized spacial score (nSPS) is 17.8. The van der Waals surface area contributed by atoms with Crippen molar-refractivity contribution in [1.82, 2.24) is 24.6 Å². The molecule has 2 N–H and O–H groups in total. The van der Waals surface area contributed by atoms with Crippen molar-refractivity contribution in [2.45, 2.75) is 45.6 Å². The predicted molar refractivity (Wildman–Crippen MR) is 132 cm³/mol. The smallest absolute Gasteiger partial charge is 0.160 e. The van der Waals surface area contributed by atoms with Gasteiger partial charge in [0.25, 0.3) is 0 Å². The lowest BCUT2D eigenvalue weighted by Gasteiger charge is -2.36. The Balaban J connectivity index is 1.33. The lowest BCUT2D eigenvalue weighted by atomic mass is 9.86. The highest BCUT2D eigenvalue weighted by Crippen LogP contribution is 2.37. The summed E-state index contributed by atoms with van der Waals surface area (Å²) < 4.78 is 7.09. The predicted octanol–water partition coefficient (Wildman–Crippen LogP) is 4.14. The highest BCUT2D eigenvalue weighted by molar-refractivity contribution is 5.89. The molecule has 2 aliphatic rings. The molecule has 2 fully saturated rings. The fraction of sp³-hybridized carbons (Fsp3) is 0.500. The number of rotatable bonds is 6. The molecule has 8 nitrogen and oxygen atoms in total. The number of aromatic amines is 1. The van der Waals surface area contributed by atoms with Gasteiger partial charge in [-0.25, -0.2) is 14.5 Å². The number of aliphatic hydroxyl groups is 1. The zero-order valence-electron chi connectivity index (χ0n) is 19.9. The van der Waals surface area contributed by atoms with Gasteiger partial charge in [0, 0.05) is 41.9 Å². The van der Waals surface area contributed by atoms with Gasteiger partial charge in [-0.05, 0) is 49.3 Å². The van der Waals surface area contributed by atoms with Gasteiger partial charge in [-0.1, -0.05) is 13.8 Å². The Labute approximate surface area is 199 Å². The summed E-state index contributed by atoms with van der Waals surface area (Å²) in [5.74, 6) is 2.94. The van der Waals surface area contributed by atoms with E-state index in [2.05, 4.69) is 45.9 Å². The Hall–Kier alpha value is -2.97.